The summed E-state index contributed by atoms with van der Waals surface area (Å²) in [4.78, 5) is 4.84. The molecule has 1 aromatic carbocycles. The molecule has 1 saturated carbocycles. The smallest absolute Gasteiger partial charge is 0.106 e. The minimum absolute atomic E-state index is 0.617. The molecule has 0 amide bonds. The Morgan fingerprint density at radius 3 is 2.71 bits per heavy atom. The molecule has 0 aromatic heterocycles. The molecule has 3 nitrogen and oxygen atoms in total. The molecule has 1 aliphatic carbocycles. The molecule has 17 heavy (non-hydrogen) atoms. The summed E-state index contributed by atoms with van der Waals surface area (Å²) in [5.74, 6) is 0. The van der Waals surface area contributed by atoms with Crippen LogP contribution >= 0.6 is 0 Å². The maximum atomic E-state index is 4.84. The summed E-state index contributed by atoms with van der Waals surface area (Å²) < 4.78 is 0. The molecule has 2 rings (SSSR count). The highest BCUT2D eigenvalue weighted by Crippen LogP contribution is 2.24. The second-order valence-corrected chi connectivity index (χ2v) is 4.53. The second-order valence-electron chi connectivity index (χ2n) is 4.53. The van der Waals surface area contributed by atoms with E-state index in [1.54, 1.807) is 7.11 Å². The fourth-order valence-electron chi connectivity index (χ4n) is 2.40. The number of nitrogens with zero attached hydrogens (tertiary/aromatic N) is 1. The van der Waals surface area contributed by atoms with E-state index in [4.69, 9.17) is 4.84 Å². The molecule has 1 aromatic rings. The van der Waals surface area contributed by atoms with Crippen molar-refractivity contribution in [2.45, 2.75) is 38.6 Å². The lowest BCUT2D eigenvalue weighted by Gasteiger charge is -2.16. The second kappa shape index (κ2) is 5.71. The highest BCUT2D eigenvalue weighted by Gasteiger charge is 2.16. The number of nitrogens with one attached hydrogen (secondary N) is 1. The molecule has 0 saturated heterocycles. The first-order chi connectivity index (χ1) is 8.31. The van der Waals surface area contributed by atoms with Gasteiger partial charge in [-0.2, -0.15) is 0 Å². The zero-order valence-corrected chi connectivity index (χ0v) is 10.6. The molecule has 3 heteroatoms. The third-order valence-electron chi connectivity index (χ3n) is 3.26. The average molecular weight is 232 g/mol. The zero-order valence-electron chi connectivity index (χ0n) is 10.6. The maximum absolute atomic E-state index is 4.84. The van der Waals surface area contributed by atoms with Gasteiger partial charge in [-0.3, -0.25) is 0 Å². The molecule has 0 atom stereocenters. The van der Waals surface area contributed by atoms with Crippen LogP contribution in [0.2, 0.25) is 0 Å². The molecular weight excluding hydrogens is 212 g/mol. The zero-order chi connectivity index (χ0) is 12.1. The van der Waals surface area contributed by atoms with E-state index < -0.39 is 0 Å². The Morgan fingerprint density at radius 2 is 2.00 bits per heavy atom. The first-order valence-corrected chi connectivity index (χ1v) is 6.25. The van der Waals surface area contributed by atoms with Gasteiger partial charge in [0.2, 0.25) is 0 Å². The summed E-state index contributed by atoms with van der Waals surface area (Å²) in [5, 5.41) is 7.62. The third-order valence-corrected chi connectivity index (χ3v) is 3.26. The lowest BCUT2D eigenvalue weighted by atomic mass is 10.1. The Morgan fingerprint density at radius 1 is 1.29 bits per heavy atom. The number of oxime groups is 1. The predicted octanol–water partition coefficient (Wildman–Crippen LogP) is 3.41. The number of anilines is 1. The Labute approximate surface area is 103 Å². The lowest BCUT2D eigenvalue weighted by molar-refractivity contribution is 0.213. The summed E-state index contributed by atoms with van der Waals surface area (Å²) in [6, 6.07) is 8.90. The SMILES string of the molecule is CO/N=C(/C)c1ccccc1NC1CCCC1. The van der Waals surface area contributed by atoms with Gasteiger partial charge >= 0.3 is 0 Å². The van der Waals surface area contributed by atoms with Crippen molar-refractivity contribution in [3.8, 4) is 0 Å². The minimum atomic E-state index is 0.617. The number of benzene rings is 1. The fourth-order valence-corrected chi connectivity index (χ4v) is 2.40. The van der Waals surface area contributed by atoms with Gasteiger partial charge in [0.05, 0.1) is 5.71 Å². The summed E-state index contributed by atoms with van der Waals surface area (Å²) in [7, 11) is 1.58. The van der Waals surface area contributed by atoms with Crippen LogP contribution in [-0.2, 0) is 4.84 Å². The molecule has 1 fully saturated rings. The van der Waals surface area contributed by atoms with E-state index in [1.807, 2.05) is 13.0 Å². The molecular formula is C14H20N2O. The Hall–Kier alpha value is -1.51. The van der Waals surface area contributed by atoms with Crippen molar-refractivity contribution in [3.63, 3.8) is 0 Å². The van der Waals surface area contributed by atoms with Gasteiger partial charge in [-0.05, 0) is 25.8 Å². The van der Waals surface area contributed by atoms with E-state index in [0.29, 0.717) is 6.04 Å². The van der Waals surface area contributed by atoms with Crippen LogP contribution in [0.3, 0.4) is 0 Å². The van der Waals surface area contributed by atoms with Gasteiger partial charge < -0.3 is 10.2 Å². The van der Waals surface area contributed by atoms with E-state index in [2.05, 4.69) is 28.7 Å². The molecule has 0 aliphatic heterocycles. The molecule has 0 heterocycles. The Bertz CT molecular complexity index is 395. The van der Waals surface area contributed by atoms with Crippen LogP contribution in [0.25, 0.3) is 0 Å². The van der Waals surface area contributed by atoms with Crippen LogP contribution in [0.4, 0.5) is 5.69 Å². The average Bonchev–Trinajstić information content (AvgIpc) is 2.83. The molecule has 0 radical (unpaired) electrons. The van der Waals surface area contributed by atoms with E-state index in [0.717, 1.165) is 17.0 Å². The first-order valence-electron chi connectivity index (χ1n) is 6.25. The monoisotopic (exact) mass is 232 g/mol. The topological polar surface area (TPSA) is 33.6 Å². The van der Waals surface area contributed by atoms with E-state index in [9.17, 15) is 0 Å². The van der Waals surface area contributed by atoms with Crippen LogP contribution in [0.1, 0.15) is 38.2 Å². The van der Waals surface area contributed by atoms with Crippen LogP contribution in [0.15, 0.2) is 29.4 Å². The van der Waals surface area contributed by atoms with Gasteiger partial charge in [-0.15, -0.1) is 0 Å². The standard InChI is InChI=1S/C14H20N2O/c1-11(16-17-2)13-9-5-6-10-14(13)15-12-7-3-4-8-12/h5-6,9-10,12,15H,3-4,7-8H2,1-2H3/b16-11-. The first kappa shape index (κ1) is 12.0. The summed E-state index contributed by atoms with van der Waals surface area (Å²) in [5.41, 5.74) is 3.20. The number of para-hydroxylation sites is 1. The van der Waals surface area contributed by atoms with Crippen molar-refractivity contribution in [1.82, 2.24) is 0 Å². The molecule has 0 unspecified atom stereocenters. The van der Waals surface area contributed by atoms with Gasteiger partial charge in [-0.25, -0.2) is 0 Å². The minimum Gasteiger partial charge on any atom is -0.399 e. The summed E-state index contributed by atoms with van der Waals surface area (Å²) in [6.45, 7) is 1.97. The van der Waals surface area contributed by atoms with Crippen molar-refractivity contribution in [2.75, 3.05) is 12.4 Å². The van der Waals surface area contributed by atoms with Crippen molar-refractivity contribution in [3.05, 3.63) is 29.8 Å². The molecule has 1 aliphatic rings. The number of rotatable bonds is 4. The fraction of sp³-hybridized carbons (Fsp3) is 0.500. The number of hydrogen-bond acceptors (Lipinski definition) is 3. The van der Waals surface area contributed by atoms with Crippen molar-refractivity contribution >= 4 is 11.4 Å². The molecule has 0 bridgehead atoms. The van der Waals surface area contributed by atoms with Crippen LogP contribution in [0, 0.1) is 0 Å². The highest BCUT2D eigenvalue weighted by atomic mass is 16.6. The van der Waals surface area contributed by atoms with Gasteiger partial charge in [-0.1, -0.05) is 36.2 Å². The van der Waals surface area contributed by atoms with E-state index in [1.165, 1.54) is 25.7 Å². The summed E-state index contributed by atoms with van der Waals surface area (Å²) >= 11 is 0. The quantitative estimate of drug-likeness (QED) is 0.637. The molecule has 0 spiro atoms. The van der Waals surface area contributed by atoms with Crippen LogP contribution in [0.5, 0.6) is 0 Å². The van der Waals surface area contributed by atoms with Crippen molar-refractivity contribution in [2.24, 2.45) is 5.16 Å². The predicted molar refractivity (Wildman–Crippen MR) is 71.5 cm³/mol. The lowest BCUT2D eigenvalue weighted by Crippen LogP contribution is -2.16. The normalized spacial score (nSPS) is 17.2. The van der Waals surface area contributed by atoms with Gasteiger partial charge in [0.15, 0.2) is 0 Å². The van der Waals surface area contributed by atoms with Crippen LogP contribution in [-0.4, -0.2) is 18.9 Å². The van der Waals surface area contributed by atoms with Gasteiger partial charge in [0.25, 0.3) is 0 Å². The molecule has 92 valence electrons. The van der Waals surface area contributed by atoms with Gasteiger partial charge in [0.1, 0.15) is 7.11 Å². The van der Waals surface area contributed by atoms with E-state index >= 15 is 0 Å². The summed E-state index contributed by atoms with van der Waals surface area (Å²) in [6.07, 6.45) is 5.22. The number of hydrogen-bond donors (Lipinski definition) is 1. The van der Waals surface area contributed by atoms with Crippen molar-refractivity contribution in [1.29, 1.82) is 0 Å². The van der Waals surface area contributed by atoms with Crippen molar-refractivity contribution < 1.29 is 4.84 Å². The Kier molecular flexibility index (Phi) is 4.02. The molecule has 1 N–H and O–H groups in total. The van der Waals surface area contributed by atoms with Crippen LogP contribution < -0.4 is 5.32 Å². The Balaban J connectivity index is 2.17. The highest BCUT2D eigenvalue weighted by molar-refractivity contribution is 6.03. The largest absolute Gasteiger partial charge is 0.399 e. The van der Waals surface area contributed by atoms with Gasteiger partial charge in [0, 0.05) is 17.3 Å². The van der Waals surface area contributed by atoms with E-state index in [-0.39, 0.29) is 0 Å². The third kappa shape index (κ3) is 2.99. The maximum Gasteiger partial charge on any atom is 0.106 e.